The summed E-state index contributed by atoms with van der Waals surface area (Å²) in [7, 11) is 0. The Morgan fingerprint density at radius 3 is 2.27 bits per heavy atom. The molecule has 0 amide bonds. The Labute approximate surface area is 154 Å². The van der Waals surface area contributed by atoms with Crippen molar-refractivity contribution in [3.8, 4) is 0 Å². The van der Waals surface area contributed by atoms with E-state index in [4.69, 9.17) is 9.47 Å². The summed E-state index contributed by atoms with van der Waals surface area (Å²) in [5.41, 5.74) is 6.62. The van der Waals surface area contributed by atoms with Gasteiger partial charge in [0.1, 0.15) is 0 Å². The standard InChI is InChI=1S/C24H22O2/c1-2-4-18(5-3-1)23-21-12-11-20(16-21)22(23)13-8-17-6-9-19(10-7-17)24-25-14-15-26-24/h1-13,20-21,24H,14-16H2/b13-8+. The molecule has 1 aliphatic heterocycles. The van der Waals surface area contributed by atoms with E-state index in [0.29, 0.717) is 25.0 Å². The maximum absolute atomic E-state index is 5.56. The van der Waals surface area contributed by atoms with Crippen molar-refractivity contribution in [3.05, 3.63) is 95.1 Å². The zero-order chi connectivity index (χ0) is 17.3. The molecule has 0 aromatic heterocycles. The van der Waals surface area contributed by atoms with Gasteiger partial charge in [0, 0.05) is 17.4 Å². The summed E-state index contributed by atoms with van der Waals surface area (Å²) in [6.07, 6.45) is 10.3. The van der Waals surface area contributed by atoms with Crippen molar-refractivity contribution in [1.82, 2.24) is 0 Å². The molecule has 130 valence electrons. The molecular formula is C24H22O2. The number of hydrogen-bond donors (Lipinski definition) is 0. The van der Waals surface area contributed by atoms with E-state index in [1.807, 2.05) is 0 Å². The van der Waals surface area contributed by atoms with Gasteiger partial charge in [0.15, 0.2) is 6.29 Å². The maximum atomic E-state index is 5.56. The number of fused-ring (bicyclic) bond motifs is 2. The van der Waals surface area contributed by atoms with Gasteiger partial charge in [-0.25, -0.2) is 0 Å². The molecular weight excluding hydrogens is 320 g/mol. The molecule has 5 rings (SSSR count). The highest BCUT2D eigenvalue weighted by molar-refractivity contribution is 5.80. The molecule has 0 N–H and O–H groups in total. The fraction of sp³-hybridized carbons (Fsp3) is 0.250. The van der Waals surface area contributed by atoms with E-state index < -0.39 is 0 Å². The van der Waals surface area contributed by atoms with Crippen LogP contribution >= 0.6 is 0 Å². The van der Waals surface area contributed by atoms with Gasteiger partial charge >= 0.3 is 0 Å². The Kier molecular flexibility index (Phi) is 4.08. The van der Waals surface area contributed by atoms with Gasteiger partial charge in [0.25, 0.3) is 0 Å². The largest absolute Gasteiger partial charge is 0.346 e. The molecule has 1 fully saturated rings. The number of allylic oxidation sites excluding steroid dienone is 5. The molecule has 1 heterocycles. The van der Waals surface area contributed by atoms with Crippen LogP contribution in [0.15, 0.2) is 78.4 Å². The topological polar surface area (TPSA) is 18.5 Å². The molecule has 2 bridgehead atoms. The Bertz CT molecular complexity index is 868. The lowest BCUT2D eigenvalue weighted by atomic mass is 9.90. The van der Waals surface area contributed by atoms with Crippen LogP contribution in [0.2, 0.25) is 0 Å². The molecule has 2 heteroatoms. The normalized spacial score (nSPS) is 25.1. The molecule has 2 aromatic carbocycles. The lowest BCUT2D eigenvalue weighted by Gasteiger charge is -2.14. The highest BCUT2D eigenvalue weighted by atomic mass is 16.7. The van der Waals surface area contributed by atoms with Crippen LogP contribution < -0.4 is 0 Å². The van der Waals surface area contributed by atoms with E-state index in [2.05, 4.69) is 78.9 Å². The zero-order valence-corrected chi connectivity index (χ0v) is 14.7. The number of rotatable bonds is 4. The van der Waals surface area contributed by atoms with Crippen molar-refractivity contribution in [2.75, 3.05) is 13.2 Å². The molecule has 2 atom stereocenters. The van der Waals surface area contributed by atoms with Crippen LogP contribution in [0.1, 0.15) is 29.4 Å². The van der Waals surface area contributed by atoms with Gasteiger partial charge in [-0.3, -0.25) is 0 Å². The molecule has 2 aromatic rings. The third-order valence-corrected chi connectivity index (χ3v) is 5.54. The minimum Gasteiger partial charge on any atom is -0.346 e. The van der Waals surface area contributed by atoms with Crippen molar-refractivity contribution in [2.45, 2.75) is 12.7 Å². The smallest absolute Gasteiger partial charge is 0.184 e. The second-order valence-electron chi connectivity index (χ2n) is 7.14. The third-order valence-electron chi connectivity index (χ3n) is 5.54. The molecule has 0 saturated carbocycles. The minimum atomic E-state index is -0.198. The highest BCUT2D eigenvalue weighted by Crippen LogP contribution is 2.48. The minimum absolute atomic E-state index is 0.198. The number of ether oxygens (including phenoxy) is 2. The van der Waals surface area contributed by atoms with Gasteiger partial charge in [-0.1, -0.05) is 78.9 Å². The molecule has 3 aliphatic rings. The van der Waals surface area contributed by atoms with Crippen molar-refractivity contribution in [1.29, 1.82) is 0 Å². The summed E-state index contributed by atoms with van der Waals surface area (Å²) < 4.78 is 11.1. The van der Waals surface area contributed by atoms with Crippen LogP contribution in [0.25, 0.3) is 11.6 Å². The molecule has 0 radical (unpaired) electrons. The number of hydrogen-bond acceptors (Lipinski definition) is 2. The van der Waals surface area contributed by atoms with E-state index in [1.165, 1.54) is 28.7 Å². The van der Waals surface area contributed by atoms with Crippen LogP contribution in [-0.2, 0) is 9.47 Å². The first-order valence-electron chi connectivity index (χ1n) is 9.37. The molecule has 2 unspecified atom stereocenters. The van der Waals surface area contributed by atoms with Crippen LogP contribution in [0, 0.1) is 11.8 Å². The van der Waals surface area contributed by atoms with Gasteiger partial charge in [0.2, 0.25) is 0 Å². The average molecular weight is 342 g/mol. The van der Waals surface area contributed by atoms with E-state index in [1.54, 1.807) is 0 Å². The van der Waals surface area contributed by atoms with Gasteiger partial charge in [-0.15, -0.1) is 0 Å². The van der Waals surface area contributed by atoms with Crippen LogP contribution in [0.3, 0.4) is 0 Å². The van der Waals surface area contributed by atoms with Gasteiger partial charge < -0.3 is 9.47 Å². The molecule has 26 heavy (non-hydrogen) atoms. The lowest BCUT2D eigenvalue weighted by molar-refractivity contribution is -0.0441. The Morgan fingerprint density at radius 1 is 0.769 bits per heavy atom. The zero-order valence-electron chi connectivity index (χ0n) is 14.7. The van der Waals surface area contributed by atoms with Crippen LogP contribution in [-0.4, -0.2) is 13.2 Å². The van der Waals surface area contributed by atoms with E-state index in [-0.39, 0.29) is 6.29 Å². The van der Waals surface area contributed by atoms with E-state index in [0.717, 1.165) is 5.56 Å². The molecule has 0 spiro atoms. The summed E-state index contributed by atoms with van der Waals surface area (Å²) in [6.45, 7) is 1.36. The number of benzene rings is 2. The second-order valence-corrected chi connectivity index (χ2v) is 7.14. The predicted molar refractivity (Wildman–Crippen MR) is 104 cm³/mol. The van der Waals surface area contributed by atoms with Gasteiger partial charge in [-0.2, -0.15) is 0 Å². The van der Waals surface area contributed by atoms with E-state index >= 15 is 0 Å². The van der Waals surface area contributed by atoms with Crippen molar-refractivity contribution >= 4 is 11.6 Å². The average Bonchev–Trinajstić information content (AvgIpc) is 3.44. The summed E-state index contributed by atoms with van der Waals surface area (Å²) in [6, 6.07) is 19.3. The fourth-order valence-electron chi connectivity index (χ4n) is 4.27. The monoisotopic (exact) mass is 342 g/mol. The van der Waals surface area contributed by atoms with Crippen molar-refractivity contribution < 1.29 is 9.47 Å². The summed E-state index contributed by atoms with van der Waals surface area (Å²) in [5, 5.41) is 0. The molecule has 1 saturated heterocycles. The summed E-state index contributed by atoms with van der Waals surface area (Å²) in [4.78, 5) is 0. The summed E-state index contributed by atoms with van der Waals surface area (Å²) in [5.74, 6) is 1.13. The van der Waals surface area contributed by atoms with Crippen LogP contribution in [0.5, 0.6) is 0 Å². The predicted octanol–water partition coefficient (Wildman–Crippen LogP) is 5.40. The SMILES string of the molecule is C1=CC2CC1C(/C=C/c1ccc(C3OCCO3)cc1)=C2c1ccccc1. The maximum Gasteiger partial charge on any atom is 0.184 e. The highest BCUT2D eigenvalue weighted by Gasteiger charge is 2.34. The second kappa shape index (κ2) is 6.71. The van der Waals surface area contributed by atoms with E-state index in [9.17, 15) is 0 Å². The Hall–Kier alpha value is -2.42. The molecule has 2 aliphatic carbocycles. The first-order chi connectivity index (χ1) is 12.9. The Balaban J connectivity index is 1.41. The fourth-order valence-corrected chi connectivity index (χ4v) is 4.27. The first-order valence-corrected chi connectivity index (χ1v) is 9.37. The third kappa shape index (κ3) is 2.86. The van der Waals surface area contributed by atoms with Crippen molar-refractivity contribution in [3.63, 3.8) is 0 Å². The Morgan fingerprint density at radius 2 is 1.50 bits per heavy atom. The van der Waals surface area contributed by atoms with Crippen molar-refractivity contribution in [2.24, 2.45) is 11.8 Å². The molecule has 2 nitrogen and oxygen atoms in total. The summed E-state index contributed by atoms with van der Waals surface area (Å²) >= 11 is 0. The lowest BCUT2D eigenvalue weighted by Crippen LogP contribution is -1.97. The first kappa shape index (κ1) is 15.8. The quantitative estimate of drug-likeness (QED) is 0.692. The van der Waals surface area contributed by atoms with Gasteiger partial charge in [0.05, 0.1) is 13.2 Å². The van der Waals surface area contributed by atoms with Gasteiger partial charge in [-0.05, 0) is 28.7 Å². The van der Waals surface area contributed by atoms with Crippen LogP contribution in [0.4, 0.5) is 0 Å².